The van der Waals surface area contributed by atoms with Gasteiger partial charge >= 0.3 is 0 Å². The maximum atomic E-state index is 11.8. The molecule has 0 atom stereocenters. The van der Waals surface area contributed by atoms with Gasteiger partial charge in [0.05, 0.1) is 11.0 Å². The highest BCUT2D eigenvalue weighted by molar-refractivity contribution is 7.89. The molecule has 0 saturated carbocycles. The molecule has 1 N–H and O–H groups in total. The number of nitrogens with zero attached hydrogens (tertiary/aromatic N) is 2. The van der Waals surface area contributed by atoms with E-state index in [1.54, 1.807) is 30.3 Å². The summed E-state index contributed by atoms with van der Waals surface area (Å²) in [5.74, 6) is 0. The summed E-state index contributed by atoms with van der Waals surface area (Å²) in [5.41, 5.74) is 0. The van der Waals surface area contributed by atoms with Crippen LogP contribution in [0.3, 0.4) is 0 Å². The zero-order valence-electron chi connectivity index (χ0n) is 10.3. The fourth-order valence-electron chi connectivity index (χ4n) is 1.41. The van der Waals surface area contributed by atoms with E-state index >= 15 is 0 Å². The van der Waals surface area contributed by atoms with Gasteiger partial charge in [-0.1, -0.05) is 18.2 Å². The van der Waals surface area contributed by atoms with Gasteiger partial charge in [0.1, 0.15) is 0 Å². The van der Waals surface area contributed by atoms with Gasteiger partial charge in [0.15, 0.2) is 0 Å². The van der Waals surface area contributed by atoms with Gasteiger partial charge in [-0.15, -0.1) is 0 Å². The molecule has 5 nitrogen and oxygen atoms in total. The molecule has 0 unspecified atom stereocenters. The lowest BCUT2D eigenvalue weighted by Gasteiger charge is -2.15. The van der Waals surface area contributed by atoms with Crippen molar-refractivity contribution in [2.75, 3.05) is 26.7 Å². The highest BCUT2D eigenvalue weighted by Crippen LogP contribution is 2.06. The zero-order valence-corrected chi connectivity index (χ0v) is 11.2. The van der Waals surface area contributed by atoms with Crippen molar-refractivity contribution in [3.05, 3.63) is 30.3 Å². The summed E-state index contributed by atoms with van der Waals surface area (Å²) in [7, 11) is -1.56. The van der Waals surface area contributed by atoms with Crippen LogP contribution in [-0.2, 0) is 10.0 Å². The fourth-order valence-corrected chi connectivity index (χ4v) is 2.45. The van der Waals surface area contributed by atoms with E-state index in [4.69, 9.17) is 5.26 Å². The number of hydrogen-bond donors (Lipinski definition) is 1. The Balaban J connectivity index is 2.42. The van der Waals surface area contributed by atoms with Crippen LogP contribution in [-0.4, -0.2) is 40.0 Å². The number of benzene rings is 1. The molecule has 0 saturated heterocycles. The van der Waals surface area contributed by atoms with Crippen molar-refractivity contribution in [3.63, 3.8) is 0 Å². The molecule has 0 amide bonds. The summed E-state index contributed by atoms with van der Waals surface area (Å²) in [5, 5.41) is 8.43. The largest absolute Gasteiger partial charge is 0.304 e. The van der Waals surface area contributed by atoms with Gasteiger partial charge in [0, 0.05) is 26.1 Å². The number of nitrogens with one attached hydrogen (secondary N) is 1. The minimum Gasteiger partial charge on any atom is -0.304 e. The first-order valence-electron chi connectivity index (χ1n) is 5.66. The van der Waals surface area contributed by atoms with Gasteiger partial charge in [-0.3, -0.25) is 0 Å². The van der Waals surface area contributed by atoms with Crippen molar-refractivity contribution < 1.29 is 8.42 Å². The Morgan fingerprint density at radius 3 is 2.56 bits per heavy atom. The molecule has 0 bridgehead atoms. The molecular formula is C12H17N3O2S. The second-order valence-corrected chi connectivity index (χ2v) is 5.69. The quantitative estimate of drug-likeness (QED) is 0.793. The Labute approximate surface area is 108 Å². The van der Waals surface area contributed by atoms with Crippen LogP contribution in [0.25, 0.3) is 0 Å². The summed E-state index contributed by atoms with van der Waals surface area (Å²) in [6.45, 7) is 1.55. The van der Waals surface area contributed by atoms with Crippen LogP contribution in [0, 0.1) is 11.3 Å². The summed E-state index contributed by atoms with van der Waals surface area (Å²) in [4.78, 5) is 2.18. The van der Waals surface area contributed by atoms with Crippen LogP contribution in [0.4, 0.5) is 0 Å². The summed E-state index contributed by atoms with van der Waals surface area (Å²) < 4.78 is 26.2. The number of hydrogen-bond acceptors (Lipinski definition) is 4. The first kappa shape index (κ1) is 14.6. The number of rotatable bonds is 7. The van der Waals surface area contributed by atoms with Crippen LogP contribution >= 0.6 is 0 Å². The molecule has 1 aromatic carbocycles. The first-order chi connectivity index (χ1) is 8.56. The van der Waals surface area contributed by atoms with Crippen molar-refractivity contribution in [1.82, 2.24) is 9.62 Å². The van der Waals surface area contributed by atoms with Gasteiger partial charge < -0.3 is 4.90 Å². The van der Waals surface area contributed by atoms with Crippen LogP contribution < -0.4 is 4.72 Å². The standard InChI is InChI=1S/C12H17N3O2S/c1-15(10-5-8-13)11-9-14-18(16,17)12-6-3-2-4-7-12/h2-4,6-7,14H,5,9-11H2,1H3. The Kier molecular flexibility index (Phi) is 5.78. The van der Waals surface area contributed by atoms with E-state index in [1.807, 2.05) is 11.9 Å². The van der Waals surface area contributed by atoms with Crippen molar-refractivity contribution in [3.8, 4) is 6.07 Å². The Bertz CT molecular complexity index is 494. The Morgan fingerprint density at radius 1 is 1.28 bits per heavy atom. The second-order valence-electron chi connectivity index (χ2n) is 3.92. The van der Waals surface area contributed by atoms with Crippen molar-refractivity contribution in [2.45, 2.75) is 11.3 Å². The summed E-state index contributed by atoms with van der Waals surface area (Å²) >= 11 is 0. The van der Waals surface area contributed by atoms with Crippen molar-refractivity contribution in [1.29, 1.82) is 5.26 Å². The summed E-state index contributed by atoms with van der Waals surface area (Å²) in [6.07, 6.45) is 0.446. The van der Waals surface area contributed by atoms with E-state index in [0.717, 1.165) is 0 Å². The molecule has 0 heterocycles. The highest BCUT2D eigenvalue weighted by atomic mass is 32.2. The molecule has 0 aliphatic carbocycles. The number of sulfonamides is 1. The van der Waals surface area contributed by atoms with Gasteiger partial charge in [-0.25, -0.2) is 13.1 Å². The SMILES string of the molecule is CN(CCC#N)CCNS(=O)(=O)c1ccccc1. The average molecular weight is 267 g/mol. The van der Waals surface area contributed by atoms with E-state index in [1.165, 1.54) is 0 Å². The van der Waals surface area contributed by atoms with E-state index in [9.17, 15) is 8.42 Å². The molecule has 0 aliphatic heterocycles. The van der Waals surface area contributed by atoms with E-state index < -0.39 is 10.0 Å². The third kappa shape index (κ3) is 4.84. The molecule has 1 aromatic rings. The van der Waals surface area contributed by atoms with Crippen LogP contribution in [0.1, 0.15) is 6.42 Å². The maximum absolute atomic E-state index is 11.8. The monoisotopic (exact) mass is 267 g/mol. The lowest BCUT2D eigenvalue weighted by molar-refractivity contribution is 0.347. The number of nitriles is 1. The zero-order chi connectivity index (χ0) is 13.4. The van der Waals surface area contributed by atoms with Crippen molar-refractivity contribution in [2.24, 2.45) is 0 Å². The van der Waals surface area contributed by atoms with E-state index in [0.29, 0.717) is 26.1 Å². The van der Waals surface area contributed by atoms with Crippen molar-refractivity contribution >= 4 is 10.0 Å². The highest BCUT2D eigenvalue weighted by Gasteiger charge is 2.12. The topological polar surface area (TPSA) is 73.2 Å². The Morgan fingerprint density at radius 2 is 1.94 bits per heavy atom. The van der Waals surface area contributed by atoms with Gasteiger partial charge in [-0.05, 0) is 19.2 Å². The lowest BCUT2D eigenvalue weighted by Crippen LogP contribution is -2.33. The van der Waals surface area contributed by atoms with Crippen LogP contribution in [0.5, 0.6) is 0 Å². The maximum Gasteiger partial charge on any atom is 0.240 e. The molecule has 6 heteroatoms. The smallest absolute Gasteiger partial charge is 0.240 e. The third-order valence-corrected chi connectivity index (χ3v) is 3.92. The Hall–Kier alpha value is -1.42. The molecule has 18 heavy (non-hydrogen) atoms. The second kappa shape index (κ2) is 7.11. The molecule has 0 aliphatic rings. The average Bonchev–Trinajstić information content (AvgIpc) is 2.37. The molecule has 0 radical (unpaired) electrons. The molecule has 0 aromatic heterocycles. The minimum atomic E-state index is -3.42. The van der Waals surface area contributed by atoms with Gasteiger partial charge in [-0.2, -0.15) is 5.26 Å². The molecule has 0 spiro atoms. The predicted octanol–water partition coefficient (Wildman–Crippen LogP) is 0.810. The molecular weight excluding hydrogens is 250 g/mol. The fraction of sp³-hybridized carbons (Fsp3) is 0.417. The molecule has 1 rings (SSSR count). The van der Waals surface area contributed by atoms with Crippen LogP contribution in [0.2, 0.25) is 0 Å². The molecule has 0 fully saturated rings. The minimum absolute atomic E-state index is 0.268. The predicted molar refractivity (Wildman–Crippen MR) is 69.4 cm³/mol. The van der Waals surface area contributed by atoms with E-state index in [2.05, 4.69) is 10.8 Å². The lowest BCUT2D eigenvalue weighted by atomic mass is 10.4. The van der Waals surface area contributed by atoms with Crippen LogP contribution in [0.15, 0.2) is 35.2 Å². The van der Waals surface area contributed by atoms with E-state index in [-0.39, 0.29) is 4.90 Å². The van der Waals surface area contributed by atoms with Gasteiger partial charge in [0.2, 0.25) is 10.0 Å². The van der Waals surface area contributed by atoms with Gasteiger partial charge in [0.25, 0.3) is 0 Å². The third-order valence-electron chi connectivity index (χ3n) is 2.44. The normalized spacial score (nSPS) is 11.4. The molecule has 98 valence electrons. The number of likely N-dealkylation sites (N-methyl/N-ethyl adjacent to an activating group) is 1. The first-order valence-corrected chi connectivity index (χ1v) is 7.15. The summed E-state index contributed by atoms with van der Waals surface area (Å²) in [6, 6.07) is 10.3.